The number of H-pyrrole nitrogens is 1. The van der Waals surface area contributed by atoms with Crippen molar-refractivity contribution in [2.75, 3.05) is 12.4 Å². The van der Waals surface area contributed by atoms with Gasteiger partial charge < -0.3 is 19.9 Å². The van der Waals surface area contributed by atoms with Crippen molar-refractivity contribution in [3.63, 3.8) is 0 Å². The van der Waals surface area contributed by atoms with E-state index in [1.54, 1.807) is 30.2 Å². The third-order valence-electron chi connectivity index (χ3n) is 5.84. The topological polar surface area (TPSA) is 74.4 Å². The third kappa shape index (κ3) is 4.92. The van der Waals surface area contributed by atoms with Crippen LogP contribution in [0, 0.1) is 13.8 Å². The Labute approximate surface area is 203 Å². The predicted octanol–water partition coefficient (Wildman–Crippen LogP) is 6.04. The number of urea groups is 1. The Morgan fingerprint density at radius 1 is 0.971 bits per heavy atom. The van der Waals surface area contributed by atoms with Crippen molar-refractivity contribution in [2.45, 2.75) is 26.9 Å². The fourth-order valence-corrected chi connectivity index (χ4v) is 4.11. The summed E-state index contributed by atoms with van der Waals surface area (Å²) in [6.45, 7) is 4.29. The third-order valence-corrected chi connectivity index (χ3v) is 6.21. The molecule has 0 aliphatic rings. The molecule has 7 heteroatoms. The van der Waals surface area contributed by atoms with Crippen molar-refractivity contribution in [3.05, 3.63) is 104 Å². The van der Waals surface area contributed by atoms with Gasteiger partial charge in [-0.1, -0.05) is 54.1 Å². The molecule has 4 rings (SSSR count). The summed E-state index contributed by atoms with van der Waals surface area (Å²) in [5.41, 5.74) is 4.44. The number of para-hydroxylation sites is 2. The lowest BCUT2D eigenvalue weighted by Gasteiger charge is -2.24. The van der Waals surface area contributed by atoms with Crippen LogP contribution in [0.25, 0.3) is 10.9 Å². The zero-order valence-corrected chi connectivity index (χ0v) is 20.1. The Bertz CT molecular complexity index is 1410. The monoisotopic (exact) mass is 475 g/mol. The first-order valence-electron chi connectivity index (χ1n) is 10.9. The van der Waals surface area contributed by atoms with Crippen molar-refractivity contribution < 1.29 is 9.53 Å². The number of carbonyl (C=O) groups is 1. The number of fused-ring (bicyclic) bond motifs is 1. The quantitative estimate of drug-likeness (QED) is 0.357. The lowest BCUT2D eigenvalue weighted by molar-refractivity contribution is 0.206. The largest absolute Gasteiger partial charge is 0.495 e. The van der Waals surface area contributed by atoms with Gasteiger partial charge in [0.1, 0.15) is 5.75 Å². The van der Waals surface area contributed by atoms with Crippen LogP contribution in [0.2, 0.25) is 5.02 Å². The van der Waals surface area contributed by atoms with E-state index in [9.17, 15) is 9.59 Å². The highest BCUT2D eigenvalue weighted by molar-refractivity contribution is 6.31. The van der Waals surface area contributed by atoms with Gasteiger partial charge in [0, 0.05) is 22.5 Å². The molecule has 0 bridgehead atoms. The number of anilines is 1. The number of aromatic amines is 1. The summed E-state index contributed by atoms with van der Waals surface area (Å²) < 4.78 is 5.36. The highest BCUT2D eigenvalue weighted by Crippen LogP contribution is 2.25. The molecule has 0 aliphatic carbocycles. The lowest BCUT2D eigenvalue weighted by atomic mass is 10.0. The molecule has 2 amide bonds. The van der Waals surface area contributed by atoms with Crippen molar-refractivity contribution in [1.29, 1.82) is 0 Å². The Kier molecular flexibility index (Phi) is 6.89. The summed E-state index contributed by atoms with van der Waals surface area (Å²) in [4.78, 5) is 30.9. The standard InChI is InChI=1S/C27H26ClN3O3/c1-17-12-13-18(2)25-21(17)14-20(26(32)30-25)16-31(15-19-8-4-5-9-22(19)28)27(33)29-23-10-6-7-11-24(23)34-3/h4-14H,15-16H2,1-3H3,(H,29,33)(H,30,32). The second-order valence-corrected chi connectivity index (χ2v) is 8.60. The number of nitrogens with one attached hydrogen (secondary N) is 2. The number of aromatic nitrogens is 1. The number of nitrogens with zero attached hydrogens (tertiary/aromatic N) is 1. The molecule has 0 spiro atoms. The van der Waals surface area contributed by atoms with E-state index in [2.05, 4.69) is 10.3 Å². The zero-order chi connectivity index (χ0) is 24.2. The van der Waals surface area contributed by atoms with Crippen molar-refractivity contribution >= 4 is 34.2 Å². The average Bonchev–Trinajstić information content (AvgIpc) is 2.83. The summed E-state index contributed by atoms with van der Waals surface area (Å²) in [5, 5.41) is 4.41. The molecule has 0 saturated carbocycles. The van der Waals surface area contributed by atoms with Crippen molar-refractivity contribution in [2.24, 2.45) is 0 Å². The number of hydrogen-bond acceptors (Lipinski definition) is 3. The van der Waals surface area contributed by atoms with Gasteiger partial charge in [-0.2, -0.15) is 0 Å². The van der Waals surface area contributed by atoms with E-state index >= 15 is 0 Å². The second-order valence-electron chi connectivity index (χ2n) is 8.19. The number of ether oxygens (including phenoxy) is 1. The van der Waals surface area contributed by atoms with Gasteiger partial charge in [-0.05, 0) is 54.8 Å². The van der Waals surface area contributed by atoms with Crippen LogP contribution in [0.1, 0.15) is 22.3 Å². The van der Waals surface area contributed by atoms with Crippen LogP contribution in [0.5, 0.6) is 5.75 Å². The number of rotatable bonds is 6. The molecule has 3 aromatic carbocycles. The molecule has 1 heterocycles. The maximum atomic E-state index is 13.4. The van der Waals surface area contributed by atoms with E-state index in [0.29, 0.717) is 22.0 Å². The summed E-state index contributed by atoms with van der Waals surface area (Å²) in [7, 11) is 1.55. The number of benzene rings is 3. The molecular weight excluding hydrogens is 450 g/mol. The summed E-state index contributed by atoms with van der Waals surface area (Å²) in [6.07, 6.45) is 0. The molecule has 2 N–H and O–H groups in total. The second kappa shape index (κ2) is 10.0. The molecule has 0 fully saturated rings. The smallest absolute Gasteiger partial charge is 0.322 e. The van der Waals surface area contributed by atoms with Crippen LogP contribution >= 0.6 is 11.6 Å². The first-order chi connectivity index (χ1) is 16.4. The molecule has 0 radical (unpaired) electrons. The van der Waals surface area contributed by atoms with Crippen LogP contribution in [-0.4, -0.2) is 23.0 Å². The van der Waals surface area contributed by atoms with Crippen LogP contribution < -0.4 is 15.6 Å². The molecule has 4 aromatic rings. The number of pyridine rings is 1. The first kappa shape index (κ1) is 23.4. The van der Waals surface area contributed by atoms with Gasteiger partial charge >= 0.3 is 6.03 Å². The zero-order valence-electron chi connectivity index (χ0n) is 19.3. The molecule has 0 aliphatic heterocycles. The van der Waals surface area contributed by atoms with E-state index in [-0.39, 0.29) is 24.7 Å². The summed E-state index contributed by atoms with van der Waals surface area (Å²) in [5.74, 6) is 0.545. The van der Waals surface area contributed by atoms with Gasteiger partial charge in [0.2, 0.25) is 0 Å². The number of carbonyl (C=O) groups excluding carboxylic acids is 1. The molecule has 6 nitrogen and oxygen atoms in total. The van der Waals surface area contributed by atoms with Crippen LogP contribution in [0.15, 0.2) is 71.5 Å². The Morgan fingerprint density at radius 3 is 2.41 bits per heavy atom. The number of aryl methyl sites for hydroxylation is 2. The molecule has 0 unspecified atom stereocenters. The summed E-state index contributed by atoms with van der Waals surface area (Å²) >= 11 is 6.39. The normalized spacial score (nSPS) is 10.8. The lowest BCUT2D eigenvalue weighted by Crippen LogP contribution is -2.36. The molecule has 1 aromatic heterocycles. The van der Waals surface area contributed by atoms with Crippen LogP contribution in [0.3, 0.4) is 0 Å². The van der Waals surface area contributed by atoms with Gasteiger partial charge in [-0.25, -0.2) is 4.79 Å². The van der Waals surface area contributed by atoms with E-state index in [1.807, 2.05) is 62.4 Å². The van der Waals surface area contributed by atoms with Gasteiger partial charge in [0.05, 0.1) is 24.9 Å². The number of methoxy groups -OCH3 is 1. The number of hydrogen-bond donors (Lipinski definition) is 2. The average molecular weight is 476 g/mol. The Hall–Kier alpha value is -3.77. The minimum atomic E-state index is -0.370. The molecule has 174 valence electrons. The Morgan fingerprint density at radius 2 is 1.65 bits per heavy atom. The van der Waals surface area contributed by atoms with Gasteiger partial charge in [0.15, 0.2) is 0 Å². The maximum absolute atomic E-state index is 13.4. The van der Waals surface area contributed by atoms with Crippen molar-refractivity contribution in [1.82, 2.24) is 9.88 Å². The summed E-state index contributed by atoms with van der Waals surface area (Å²) in [6, 6.07) is 20.0. The van der Waals surface area contributed by atoms with Crippen molar-refractivity contribution in [3.8, 4) is 5.75 Å². The van der Waals surface area contributed by atoms with E-state index in [1.165, 1.54) is 0 Å². The number of halogens is 1. The molecular formula is C27H26ClN3O3. The fourth-order valence-electron chi connectivity index (χ4n) is 3.92. The SMILES string of the molecule is COc1ccccc1NC(=O)N(Cc1ccccc1Cl)Cc1cc2c(C)ccc(C)c2[nH]c1=O. The van der Waals surface area contributed by atoms with Gasteiger partial charge in [-0.3, -0.25) is 4.79 Å². The predicted molar refractivity (Wildman–Crippen MR) is 137 cm³/mol. The van der Waals surface area contributed by atoms with E-state index in [0.717, 1.165) is 27.6 Å². The molecule has 0 saturated heterocycles. The number of amides is 2. The highest BCUT2D eigenvalue weighted by Gasteiger charge is 2.20. The fraction of sp³-hybridized carbons (Fsp3) is 0.185. The van der Waals surface area contributed by atoms with Gasteiger partial charge in [-0.15, -0.1) is 0 Å². The Balaban J connectivity index is 1.72. The van der Waals surface area contributed by atoms with Crippen LogP contribution in [-0.2, 0) is 13.1 Å². The first-order valence-corrected chi connectivity index (χ1v) is 11.3. The van der Waals surface area contributed by atoms with Crippen LogP contribution in [0.4, 0.5) is 10.5 Å². The highest BCUT2D eigenvalue weighted by atomic mass is 35.5. The van der Waals surface area contributed by atoms with Gasteiger partial charge in [0.25, 0.3) is 5.56 Å². The minimum Gasteiger partial charge on any atom is -0.495 e. The van der Waals surface area contributed by atoms with E-state index < -0.39 is 0 Å². The van der Waals surface area contributed by atoms with E-state index in [4.69, 9.17) is 16.3 Å². The molecule has 34 heavy (non-hydrogen) atoms. The minimum absolute atomic E-state index is 0.102. The maximum Gasteiger partial charge on any atom is 0.322 e. The molecule has 0 atom stereocenters.